The Labute approximate surface area is 118 Å². The van der Waals surface area contributed by atoms with Crippen molar-refractivity contribution in [2.75, 3.05) is 7.11 Å². The molecule has 1 unspecified atom stereocenters. The van der Waals surface area contributed by atoms with Crippen LogP contribution in [0.4, 0.5) is 0 Å². The number of aryl methyl sites for hydroxylation is 2. The van der Waals surface area contributed by atoms with Crippen LogP contribution in [0.5, 0.6) is 5.75 Å². The number of benzene rings is 2. The number of ether oxygens (including phenoxy) is 1. The van der Waals surface area contributed by atoms with E-state index in [0.29, 0.717) is 16.3 Å². The van der Waals surface area contributed by atoms with Crippen LogP contribution in [0, 0.1) is 13.8 Å². The summed E-state index contributed by atoms with van der Waals surface area (Å²) in [6.07, 6.45) is -0.789. The van der Waals surface area contributed by atoms with Gasteiger partial charge in [-0.25, -0.2) is 0 Å². The van der Waals surface area contributed by atoms with Gasteiger partial charge in [-0.05, 0) is 37.1 Å². The summed E-state index contributed by atoms with van der Waals surface area (Å²) in [6, 6.07) is 11.2. The quantitative estimate of drug-likeness (QED) is 0.916. The van der Waals surface area contributed by atoms with E-state index in [0.717, 1.165) is 16.7 Å². The van der Waals surface area contributed by atoms with Crippen LogP contribution in [0.25, 0.3) is 0 Å². The Hall–Kier alpha value is -1.51. The van der Waals surface area contributed by atoms with E-state index in [9.17, 15) is 5.11 Å². The third-order valence-corrected chi connectivity index (χ3v) is 3.67. The predicted molar refractivity (Wildman–Crippen MR) is 78.0 cm³/mol. The molecule has 0 saturated carbocycles. The molecule has 100 valence electrons. The van der Waals surface area contributed by atoms with Gasteiger partial charge < -0.3 is 9.84 Å². The molecule has 0 aliphatic rings. The molecule has 0 radical (unpaired) electrons. The van der Waals surface area contributed by atoms with Crippen molar-refractivity contribution in [3.05, 3.63) is 63.7 Å². The molecule has 2 aromatic carbocycles. The van der Waals surface area contributed by atoms with Crippen molar-refractivity contribution < 1.29 is 9.84 Å². The zero-order valence-corrected chi connectivity index (χ0v) is 12.0. The summed E-state index contributed by atoms with van der Waals surface area (Å²) >= 11 is 6.24. The fourth-order valence-corrected chi connectivity index (χ4v) is 2.39. The Balaban J connectivity index is 2.50. The molecule has 2 nitrogen and oxygen atoms in total. The highest BCUT2D eigenvalue weighted by atomic mass is 35.5. The Morgan fingerprint density at radius 3 is 2.37 bits per heavy atom. The lowest BCUT2D eigenvalue weighted by molar-refractivity contribution is 0.214. The van der Waals surface area contributed by atoms with E-state index in [4.69, 9.17) is 16.3 Å². The minimum Gasteiger partial charge on any atom is -0.496 e. The standard InChI is InChI=1S/C16H17ClO2/c1-10-8-13(14(17)9-11(10)2)16(18)12-6-4-5-7-15(12)19-3/h4-9,16,18H,1-3H3. The predicted octanol–water partition coefficient (Wildman–Crippen LogP) is 4.05. The maximum atomic E-state index is 10.5. The van der Waals surface area contributed by atoms with E-state index >= 15 is 0 Å². The molecule has 0 fully saturated rings. The van der Waals surface area contributed by atoms with Crippen molar-refractivity contribution in [1.29, 1.82) is 0 Å². The zero-order chi connectivity index (χ0) is 14.0. The molecular weight excluding hydrogens is 260 g/mol. The van der Waals surface area contributed by atoms with Gasteiger partial charge in [-0.1, -0.05) is 35.9 Å². The van der Waals surface area contributed by atoms with Crippen molar-refractivity contribution in [3.63, 3.8) is 0 Å². The minimum absolute atomic E-state index is 0.571. The minimum atomic E-state index is -0.789. The molecule has 0 heterocycles. The van der Waals surface area contributed by atoms with Crippen molar-refractivity contribution in [2.45, 2.75) is 20.0 Å². The molecule has 3 heteroatoms. The SMILES string of the molecule is COc1ccccc1C(O)c1cc(C)c(C)cc1Cl. The molecule has 1 N–H and O–H groups in total. The second-order valence-corrected chi connectivity index (χ2v) is 5.01. The van der Waals surface area contributed by atoms with Gasteiger partial charge in [-0.15, -0.1) is 0 Å². The highest BCUT2D eigenvalue weighted by molar-refractivity contribution is 6.31. The zero-order valence-electron chi connectivity index (χ0n) is 11.3. The molecule has 1 atom stereocenters. The Bertz CT molecular complexity index is 593. The number of rotatable bonds is 3. The average Bonchev–Trinajstić information content (AvgIpc) is 2.42. The number of aliphatic hydroxyl groups is 1. The molecular formula is C16H17ClO2. The summed E-state index contributed by atoms with van der Waals surface area (Å²) in [5.41, 5.74) is 3.64. The lowest BCUT2D eigenvalue weighted by Gasteiger charge is -2.17. The lowest BCUT2D eigenvalue weighted by atomic mass is 9.97. The number of halogens is 1. The van der Waals surface area contributed by atoms with Crippen LogP contribution in [0.1, 0.15) is 28.4 Å². The van der Waals surface area contributed by atoms with E-state index in [1.807, 2.05) is 50.2 Å². The normalized spacial score (nSPS) is 12.3. The molecule has 0 bridgehead atoms. The topological polar surface area (TPSA) is 29.5 Å². The van der Waals surface area contributed by atoms with E-state index < -0.39 is 6.10 Å². The lowest BCUT2D eigenvalue weighted by Crippen LogP contribution is -2.04. The Kier molecular flexibility index (Phi) is 4.13. The highest BCUT2D eigenvalue weighted by Crippen LogP contribution is 2.34. The number of methoxy groups -OCH3 is 1. The van der Waals surface area contributed by atoms with Crippen molar-refractivity contribution in [2.24, 2.45) is 0 Å². The van der Waals surface area contributed by atoms with E-state index in [2.05, 4.69) is 0 Å². The number of hydrogen-bond donors (Lipinski definition) is 1. The summed E-state index contributed by atoms with van der Waals surface area (Å²) in [4.78, 5) is 0. The largest absolute Gasteiger partial charge is 0.496 e. The number of hydrogen-bond acceptors (Lipinski definition) is 2. The number of para-hydroxylation sites is 1. The summed E-state index contributed by atoms with van der Waals surface area (Å²) in [5, 5.41) is 11.1. The summed E-state index contributed by atoms with van der Waals surface area (Å²) in [7, 11) is 1.59. The Morgan fingerprint density at radius 2 is 1.68 bits per heavy atom. The third-order valence-electron chi connectivity index (χ3n) is 3.34. The summed E-state index contributed by atoms with van der Waals surface area (Å²) in [5.74, 6) is 0.657. The second kappa shape index (κ2) is 5.64. The molecule has 19 heavy (non-hydrogen) atoms. The van der Waals surface area contributed by atoms with E-state index in [-0.39, 0.29) is 0 Å². The van der Waals surface area contributed by atoms with Crippen LogP contribution in [0.3, 0.4) is 0 Å². The van der Waals surface area contributed by atoms with Crippen molar-refractivity contribution in [1.82, 2.24) is 0 Å². The Morgan fingerprint density at radius 1 is 1.05 bits per heavy atom. The maximum absolute atomic E-state index is 10.5. The maximum Gasteiger partial charge on any atom is 0.125 e. The van der Waals surface area contributed by atoms with Gasteiger partial charge in [-0.2, -0.15) is 0 Å². The molecule has 0 aliphatic heterocycles. The van der Waals surface area contributed by atoms with Gasteiger partial charge in [0.2, 0.25) is 0 Å². The van der Waals surface area contributed by atoms with Crippen molar-refractivity contribution >= 4 is 11.6 Å². The molecule has 2 aromatic rings. The summed E-state index contributed by atoms with van der Waals surface area (Å²) in [6.45, 7) is 4.00. The second-order valence-electron chi connectivity index (χ2n) is 4.60. The molecule has 0 spiro atoms. The third kappa shape index (κ3) is 2.75. The van der Waals surface area contributed by atoms with Crippen LogP contribution >= 0.6 is 11.6 Å². The highest BCUT2D eigenvalue weighted by Gasteiger charge is 2.18. The van der Waals surface area contributed by atoms with Gasteiger partial charge in [0, 0.05) is 16.1 Å². The first-order chi connectivity index (χ1) is 9.04. The first-order valence-corrected chi connectivity index (χ1v) is 6.50. The molecule has 0 aliphatic carbocycles. The van der Waals surface area contributed by atoms with Gasteiger partial charge in [0.25, 0.3) is 0 Å². The van der Waals surface area contributed by atoms with Gasteiger partial charge >= 0.3 is 0 Å². The fraction of sp³-hybridized carbons (Fsp3) is 0.250. The van der Waals surface area contributed by atoms with Gasteiger partial charge in [0.05, 0.1) is 7.11 Å². The average molecular weight is 277 g/mol. The molecule has 0 saturated heterocycles. The molecule has 0 amide bonds. The molecule has 0 aromatic heterocycles. The summed E-state index contributed by atoms with van der Waals surface area (Å²) < 4.78 is 5.28. The van der Waals surface area contributed by atoms with Crippen LogP contribution in [-0.4, -0.2) is 12.2 Å². The first-order valence-electron chi connectivity index (χ1n) is 6.12. The van der Waals surface area contributed by atoms with E-state index in [1.165, 1.54) is 0 Å². The fourth-order valence-electron chi connectivity index (χ4n) is 2.07. The van der Waals surface area contributed by atoms with Gasteiger partial charge in [0.15, 0.2) is 0 Å². The van der Waals surface area contributed by atoms with Crippen LogP contribution < -0.4 is 4.74 Å². The van der Waals surface area contributed by atoms with Crippen LogP contribution in [0.15, 0.2) is 36.4 Å². The first kappa shape index (κ1) is 13.9. The van der Waals surface area contributed by atoms with Crippen LogP contribution in [-0.2, 0) is 0 Å². The van der Waals surface area contributed by atoms with Gasteiger partial charge in [-0.3, -0.25) is 0 Å². The monoisotopic (exact) mass is 276 g/mol. The molecule has 2 rings (SSSR count). The van der Waals surface area contributed by atoms with Crippen LogP contribution in [0.2, 0.25) is 5.02 Å². The van der Waals surface area contributed by atoms with E-state index in [1.54, 1.807) is 7.11 Å². The van der Waals surface area contributed by atoms with Crippen molar-refractivity contribution in [3.8, 4) is 5.75 Å². The smallest absolute Gasteiger partial charge is 0.125 e. The number of aliphatic hydroxyl groups excluding tert-OH is 1. The van der Waals surface area contributed by atoms with Gasteiger partial charge in [0.1, 0.15) is 11.9 Å².